The van der Waals surface area contributed by atoms with Crippen molar-refractivity contribution in [3.8, 4) is 5.75 Å². The molecule has 0 aliphatic rings. The van der Waals surface area contributed by atoms with Gasteiger partial charge in [-0.05, 0) is 48.4 Å². The van der Waals surface area contributed by atoms with E-state index in [1.165, 1.54) is 11.1 Å². The maximum atomic E-state index is 12.3. The van der Waals surface area contributed by atoms with Crippen molar-refractivity contribution in [1.29, 1.82) is 0 Å². The number of benzene rings is 3. The number of amides is 1. The molecule has 150 valence electrons. The molecule has 0 aliphatic carbocycles. The topological polar surface area (TPSA) is 38.3 Å². The van der Waals surface area contributed by atoms with E-state index in [1.54, 1.807) is 24.3 Å². The SMILES string of the molecule is Cc1ccccc1CSCCNC(=O)c1ccc(OCc2ccccc2Cl)cc1. The first kappa shape index (κ1) is 21.3. The van der Waals surface area contributed by atoms with Crippen LogP contribution < -0.4 is 10.1 Å². The van der Waals surface area contributed by atoms with Gasteiger partial charge in [0.05, 0.1) is 0 Å². The summed E-state index contributed by atoms with van der Waals surface area (Å²) in [6.07, 6.45) is 0. The van der Waals surface area contributed by atoms with E-state index in [9.17, 15) is 4.79 Å². The Balaban J connectivity index is 1.39. The first-order valence-electron chi connectivity index (χ1n) is 9.50. The molecule has 5 heteroatoms. The third kappa shape index (κ3) is 6.55. The van der Waals surface area contributed by atoms with E-state index in [4.69, 9.17) is 16.3 Å². The molecule has 0 saturated heterocycles. The number of ether oxygens (including phenoxy) is 1. The normalized spacial score (nSPS) is 10.6. The van der Waals surface area contributed by atoms with Gasteiger partial charge in [0.15, 0.2) is 0 Å². The van der Waals surface area contributed by atoms with Crippen LogP contribution in [0.2, 0.25) is 5.02 Å². The molecule has 0 heterocycles. The number of carbonyl (C=O) groups excluding carboxylic acids is 1. The highest BCUT2D eigenvalue weighted by Crippen LogP contribution is 2.19. The molecule has 0 bridgehead atoms. The van der Waals surface area contributed by atoms with Crippen LogP contribution in [-0.4, -0.2) is 18.2 Å². The van der Waals surface area contributed by atoms with Gasteiger partial charge in [0, 0.05) is 34.2 Å². The predicted molar refractivity (Wildman–Crippen MR) is 122 cm³/mol. The lowest BCUT2D eigenvalue weighted by molar-refractivity contribution is 0.0956. The number of thioether (sulfide) groups is 1. The van der Waals surface area contributed by atoms with Gasteiger partial charge in [-0.15, -0.1) is 0 Å². The fraction of sp³-hybridized carbons (Fsp3) is 0.208. The summed E-state index contributed by atoms with van der Waals surface area (Å²) < 4.78 is 5.75. The summed E-state index contributed by atoms with van der Waals surface area (Å²) in [6.45, 7) is 3.16. The monoisotopic (exact) mass is 425 g/mol. The van der Waals surface area contributed by atoms with Gasteiger partial charge in [-0.3, -0.25) is 4.79 Å². The Morgan fingerprint density at radius 3 is 2.38 bits per heavy atom. The molecular weight excluding hydrogens is 402 g/mol. The molecule has 0 aliphatic heterocycles. The van der Waals surface area contributed by atoms with E-state index in [1.807, 2.05) is 36.0 Å². The van der Waals surface area contributed by atoms with Crippen LogP contribution in [0.5, 0.6) is 5.75 Å². The van der Waals surface area contributed by atoms with Crippen LogP contribution in [0.25, 0.3) is 0 Å². The second-order valence-corrected chi connectivity index (χ2v) is 8.15. The average Bonchev–Trinajstić information content (AvgIpc) is 2.74. The minimum Gasteiger partial charge on any atom is -0.489 e. The molecule has 0 atom stereocenters. The number of nitrogens with one attached hydrogen (secondary N) is 1. The van der Waals surface area contributed by atoms with Gasteiger partial charge in [0.2, 0.25) is 0 Å². The van der Waals surface area contributed by atoms with Crippen LogP contribution in [-0.2, 0) is 12.4 Å². The molecule has 1 N–H and O–H groups in total. The average molecular weight is 426 g/mol. The van der Waals surface area contributed by atoms with E-state index in [0.29, 0.717) is 29.5 Å². The Morgan fingerprint density at radius 1 is 0.966 bits per heavy atom. The van der Waals surface area contributed by atoms with Crippen molar-refractivity contribution in [3.63, 3.8) is 0 Å². The van der Waals surface area contributed by atoms with Gasteiger partial charge in [0.1, 0.15) is 12.4 Å². The second-order valence-electron chi connectivity index (χ2n) is 6.64. The minimum absolute atomic E-state index is 0.0702. The molecule has 0 saturated carbocycles. The van der Waals surface area contributed by atoms with E-state index in [0.717, 1.165) is 17.1 Å². The molecule has 3 rings (SSSR count). The van der Waals surface area contributed by atoms with Crippen molar-refractivity contribution in [2.45, 2.75) is 19.3 Å². The van der Waals surface area contributed by atoms with Gasteiger partial charge in [-0.1, -0.05) is 54.1 Å². The quantitative estimate of drug-likeness (QED) is 0.434. The van der Waals surface area contributed by atoms with Crippen molar-refractivity contribution in [2.75, 3.05) is 12.3 Å². The zero-order chi connectivity index (χ0) is 20.5. The van der Waals surface area contributed by atoms with Crippen LogP contribution in [0.3, 0.4) is 0 Å². The highest BCUT2D eigenvalue weighted by Gasteiger charge is 2.06. The van der Waals surface area contributed by atoms with Gasteiger partial charge in [0.25, 0.3) is 5.91 Å². The Labute approximate surface area is 181 Å². The minimum atomic E-state index is -0.0702. The molecule has 0 unspecified atom stereocenters. The van der Waals surface area contributed by atoms with E-state index in [-0.39, 0.29) is 5.91 Å². The highest BCUT2D eigenvalue weighted by atomic mass is 35.5. The van der Waals surface area contributed by atoms with Crippen LogP contribution in [0.4, 0.5) is 0 Å². The second kappa shape index (κ2) is 10.9. The summed E-state index contributed by atoms with van der Waals surface area (Å²) in [4.78, 5) is 12.3. The zero-order valence-corrected chi connectivity index (χ0v) is 17.9. The summed E-state index contributed by atoms with van der Waals surface area (Å²) in [5.41, 5.74) is 4.20. The van der Waals surface area contributed by atoms with Gasteiger partial charge >= 0.3 is 0 Å². The van der Waals surface area contributed by atoms with E-state index < -0.39 is 0 Å². The summed E-state index contributed by atoms with van der Waals surface area (Å²) in [7, 11) is 0. The molecule has 0 aromatic heterocycles. The number of hydrogen-bond donors (Lipinski definition) is 1. The highest BCUT2D eigenvalue weighted by molar-refractivity contribution is 7.98. The molecule has 0 spiro atoms. The Kier molecular flexibility index (Phi) is 8.03. The molecule has 0 radical (unpaired) electrons. The first-order chi connectivity index (χ1) is 14.1. The summed E-state index contributed by atoms with van der Waals surface area (Å²) in [5.74, 6) is 2.47. The van der Waals surface area contributed by atoms with Crippen LogP contribution >= 0.6 is 23.4 Å². The van der Waals surface area contributed by atoms with E-state index in [2.05, 4.69) is 36.5 Å². The van der Waals surface area contributed by atoms with Crippen molar-refractivity contribution in [2.24, 2.45) is 0 Å². The maximum absolute atomic E-state index is 12.3. The molecule has 3 nitrogen and oxygen atoms in total. The molecule has 0 fully saturated rings. The molecule has 29 heavy (non-hydrogen) atoms. The van der Waals surface area contributed by atoms with Crippen molar-refractivity contribution < 1.29 is 9.53 Å². The summed E-state index contributed by atoms with van der Waals surface area (Å²) in [6, 6.07) is 23.1. The maximum Gasteiger partial charge on any atom is 0.251 e. The lowest BCUT2D eigenvalue weighted by Crippen LogP contribution is -2.25. The Morgan fingerprint density at radius 2 is 1.66 bits per heavy atom. The summed E-state index contributed by atoms with van der Waals surface area (Å²) in [5, 5.41) is 3.65. The number of carbonyl (C=O) groups is 1. The Hall–Kier alpha value is -2.43. The molecule has 1 amide bonds. The van der Waals surface area contributed by atoms with Crippen LogP contribution in [0.1, 0.15) is 27.0 Å². The van der Waals surface area contributed by atoms with Crippen molar-refractivity contribution >= 4 is 29.3 Å². The van der Waals surface area contributed by atoms with Crippen LogP contribution in [0, 0.1) is 6.92 Å². The number of rotatable bonds is 9. The third-order valence-electron chi connectivity index (χ3n) is 4.52. The van der Waals surface area contributed by atoms with Crippen LogP contribution in [0.15, 0.2) is 72.8 Å². The Bertz CT molecular complexity index is 944. The van der Waals surface area contributed by atoms with Crippen molar-refractivity contribution in [3.05, 3.63) is 100 Å². The van der Waals surface area contributed by atoms with Gasteiger partial charge < -0.3 is 10.1 Å². The number of halogens is 1. The molecular formula is C24H24ClNO2S. The zero-order valence-electron chi connectivity index (χ0n) is 16.4. The number of hydrogen-bond acceptors (Lipinski definition) is 3. The molecule has 3 aromatic rings. The van der Waals surface area contributed by atoms with Crippen molar-refractivity contribution in [1.82, 2.24) is 5.32 Å². The van der Waals surface area contributed by atoms with Gasteiger partial charge in [-0.2, -0.15) is 11.8 Å². The lowest BCUT2D eigenvalue weighted by atomic mass is 10.1. The standard InChI is InChI=1S/C24H24ClNO2S/c1-18-6-2-3-8-21(18)17-29-15-14-26-24(27)19-10-12-22(13-11-19)28-16-20-7-4-5-9-23(20)25/h2-13H,14-17H2,1H3,(H,26,27). The molecule has 3 aromatic carbocycles. The first-order valence-corrected chi connectivity index (χ1v) is 11.0. The number of aryl methyl sites for hydroxylation is 1. The van der Waals surface area contributed by atoms with E-state index >= 15 is 0 Å². The fourth-order valence-corrected chi connectivity index (χ4v) is 3.90. The predicted octanol–water partition coefficient (Wildman–Crippen LogP) is 5.89. The largest absolute Gasteiger partial charge is 0.489 e. The third-order valence-corrected chi connectivity index (χ3v) is 5.90. The smallest absolute Gasteiger partial charge is 0.251 e. The fourth-order valence-electron chi connectivity index (χ4n) is 2.77. The summed E-state index contributed by atoms with van der Waals surface area (Å²) >= 11 is 7.96. The van der Waals surface area contributed by atoms with Gasteiger partial charge in [-0.25, -0.2) is 0 Å². The lowest BCUT2D eigenvalue weighted by Gasteiger charge is -2.09.